The third-order valence-electron chi connectivity index (χ3n) is 3.79. The zero-order valence-electron chi connectivity index (χ0n) is 12.8. The molecule has 0 aliphatic carbocycles. The van der Waals surface area contributed by atoms with Crippen LogP contribution < -0.4 is 5.32 Å². The number of unbranched alkanes of at least 4 members (excludes halogenated alkanes) is 5. The number of rotatable bonds is 12. The van der Waals surface area contributed by atoms with Gasteiger partial charge < -0.3 is 5.32 Å². The van der Waals surface area contributed by atoms with Crippen LogP contribution in [0, 0.1) is 5.41 Å². The van der Waals surface area contributed by atoms with Crippen LogP contribution in [-0.4, -0.2) is 13.1 Å². The van der Waals surface area contributed by atoms with Gasteiger partial charge in [-0.15, -0.1) is 0 Å². The molecule has 104 valence electrons. The average molecular weight is 241 g/mol. The van der Waals surface area contributed by atoms with Gasteiger partial charge in [0.1, 0.15) is 0 Å². The van der Waals surface area contributed by atoms with Gasteiger partial charge in [0.2, 0.25) is 0 Å². The van der Waals surface area contributed by atoms with E-state index < -0.39 is 0 Å². The van der Waals surface area contributed by atoms with Crippen molar-refractivity contribution in [1.29, 1.82) is 0 Å². The summed E-state index contributed by atoms with van der Waals surface area (Å²) in [5, 5.41) is 3.53. The minimum atomic E-state index is 0.537. The highest BCUT2D eigenvalue weighted by atomic mass is 14.9. The van der Waals surface area contributed by atoms with E-state index in [9.17, 15) is 0 Å². The fraction of sp³-hybridized carbons (Fsp3) is 1.00. The molecule has 1 atom stereocenters. The van der Waals surface area contributed by atoms with E-state index >= 15 is 0 Å². The van der Waals surface area contributed by atoms with Gasteiger partial charge in [-0.2, -0.15) is 0 Å². The molecule has 0 aromatic rings. The first-order valence-electron chi connectivity index (χ1n) is 7.89. The topological polar surface area (TPSA) is 12.0 Å². The lowest BCUT2D eigenvalue weighted by atomic mass is 9.80. The molecule has 0 spiro atoms. The highest BCUT2D eigenvalue weighted by Gasteiger charge is 2.21. The molecule has 0 saturated heterocycles. The summed E-state index contributed by atoms with van der Waals surface area (Å²) in [6.45, 7) is 11.6. The summed E-state index contributed by atoms with van der Waals surface area (Å²) in [6.07, 6.45) is 12.6. The smallest absolute Gasteiger partial charge is 0.000504 e. The fourth-order valence-corrected chi connectivity index (χ4v) is 2.66. The SMILES string of the molecule is CCCCCCCCC(C)(CCC)CNCC. The molecule has 17 heavy (non-hydrogen) atoms. The molecule has 0 saturated carbocycles. The van der Waals surface area contributed by atoms with Crippen molar-refractivity contribution in [2.24, 2.45) is 5.41 Å². The van der Waals surface area contributed by atoms with E-state index in [1.165, 1.54) is 64.3 Å². The highest BCUT2D eigenvalue weighted by molar-refractivity contribution is 4.76. The predicted molar refractivity (Wildman–Crippen MR) is 79.6 cm³/mol. The molecule has 0 bridgehead atoms. The molecule has 1 nitrogen and oxygen atoms in total. The summed E-state index contributed by atoms with van der Waals surface area (Å²) in [7, 11) is 0. The first kappa shape index (κ1) is 17.0. The largest absolute Gasteiger partial charge is 0.316 e. The Labute approximate surface area is 110 Å². The van der Waals surface area contributed by atoms with Gasteiger partial charge in [-0.05, 0) is 24.8 Å². The molecule has 0 fully saturated rings. The van der Waals surface area contributed by atoms with Crippen LogP contribution in [-0.2, 0) is 0 Å². The molecule has 0 aromatic heterocycles. The van der Waals surface area contributed by atoms with E-state index in [4.69, 9.17) is 0 Å². The molecule has 0 amide bonds. The fourth-order valence-electron chi connectivity index (χ4n) is 2.66. The van der Waals surface area contributed by atoms with Gasteiger partial charge >= 0.3 is 0 Å². The second kappa shape index (κ2) is 11.1. The monoisotopic (exact) mass is 241 g/mol. The zero-order chi connectivity index (χ0) is 13.0. The maximum Gasteiger partial charge on any atom is 0.000504 e. The number of hydrogen-bond acceptors (Lipinski definition) is 1. The summed E-state index contributed by atoms with van der Waals surface area (Å²) in [5.74, 6) is 0. The highest BCUT2D eigenvalue weighted by Crippen LogP contribution is 2.29. The van der Waals surface area contributed by atoms with E-state index in [-0.39, 0.29) is 0 Å². The zero-order valence-corrected chi connectivity index (χ0v) is 12.8. The van der Waals surface area contributed by atoms with Crippen molar-refractivity contribution in [1.82, 2.24) is 5.32 Å². The third kappa shape index (κ3) is 9.64. The van der Waals surface area contributed by atoms with Crippen molar-refractivity contribution >= 4 is 0 Å². The van der Waals surface area contributed by atoms with Crippen molar-refractivity contribution in [3.05, 3.63) is 0 Å². The molecular formula is C16H35N. The Morgan fingerprint density at radius 1 is 0.765 bits per heavy atom. The Morgan fingerprint density at radius 3 is 2.00 bits per heavy atom. The Bertz CT molecular complexity index is 156. The molecule has 0 aromatic carbocycles. The van der Waals surface area contributed by atoms with Gasteiger partial charge in [0.05, 0.1) is 0 Å². The van der Waals surface area contributed by atoms with Crippen LogP contribution in [0.5, 0.6) is 0 Å². The molecule has 1 unspecified atom stereocenters. The van der Waals surface area contributed by atoms with Gasteiger partial charge in [0, 0.05) is 6.54 Å². The lowest BCUT2D eigenvalue weighted by molar-refractivity contribution is 0.248. The molecule has 0 rings (SSSR count). The lowest BCUT2D eigenvalue weighted by Crippen LogP contribution is -2.31. The van der Waals surface area contributed by atoms with Crippen molar-refractivity contribution in [3.63, 3.8) is 0 Å². The average Bonchev–Trinajstić information content (AvgIpc) is 2.32. The first-order valence-corrected chi connectivity index (χ1v) is 7.89. The normalized spacial score (nSPS) is 14.8. The Morgan fingerprint density at radius 2 is 1.41 bits per heavy atom. The second-order valence-electron chi connectivity index (χ2n) is 5.86. The van der Waals surface area contributed by atoms with Crippen LogP contribution in [0.15, 0.2) is 0 Å². The minimum Gasteiger partial charge on any atom is -0.316 e. The first-order chi connectivity index (χ1) is 8.18. The minimum absolute atomic E-state index is 0.537. The van der Waals surface area contributed by atoms with Crippen LogP contribution in [0.1, 0.15) is 85.5 Å². The van der Waals surface area contributed by atoms with E-state index in [1.54, 1.807) is 0 Å². The van der Waals surface area contributed by atoms with E-state index in [1.807, 2.05) is 0 Å². The maximum atomic E-state index is 3.53. The Hall–Kier alpha value is -0.0400. The van der Waals surface area contributed by atoms with Crippen molar-refractivity contribution in [2.75, 3.05) is 13.1 Å². The van der Waals surface area contributed by atoms with Gasteiger partial charge in [-0.25, -0.2) is 0 Å². The Balaban J connectivity index is 3.68. The molecule has 0 aliphatic heterocycles. The van der Waals surface area contributed by atoms with Crippen LogP contribution in [0.3, 0.4) is 0 Å². The van der Waals surface area contributed by atoms with Gasteiger partial charge in [-0.3, -0.25) is 0 Å². The van der Waals surface area contributed by atoms with Crippen LogP contribution >= 0.6 is 0 Å². The van der Waals surface area contributed by atoms with Crippen molar-refractivity contribution in [3.8, 4) is 0 Å². The van der Waals surface area contributed by atoms with Crippen molar-refractivity contribution < 1.29 is 0 Å². The maximum absolute atomic E-state index is 3.53. The van der Waals surface area contributed by atoms with E-state index in [0.29, 0.717) is 5.41 Å². The van der Waals surface area contributed by atoms with Gasteiger partial charge in [-0.1, -0.05) is 72.6 Å². The summed E-state index contributed by atoms with van der Waals surface area (Å²) in [4.78, 5) is 0. The van der Waals surface area contributed by atoms with Gasteiger partial charge in [0.15, 0.2) is 0 Å². The van der Waals surface area contributed by atoms with Gasteiger partial charge in [0.25, 0.3) is 0 Å². The standard InChI is InChI=1S/C16H35N/c1-5-8-9-10-11-12-14-16(4,13-6-2)15-17-7-3/h17H,5-15H2,1-4H3. The van der Waals surface area contributed by atoms with Crippen molar-refractivity contribution in [2.45, 2.75) is 85.5 Å². The predicted octanol–water partition coefficient (Wildman–Crippen LogP) is 5.15. The summed E-state index contributed by atoms with van der Waals surface area (Å²) in [6, 6.07) is 0. The summed E-state index contributed by atoms with van der Waals surface area (Å²) >= 11 is 0. The molecule has 0 radical (unpaired) electrons. The molecule has 1 N–H and O–H groups in total. The quantitative estimate of drug-likeness (QED) is 0.466. The van der Waals surface area contributed by atoms with E-state index in [2.05, 4.69) is 33.0 Å². The molecule has 0 aliphatic rings. The second-order valence-corrected chi connectivity index (χ2v) is 5.86. The number of hydrogen-bond donors (Lipinski definition) is 1. The lowest BCUT2D eigenvalue weighted by Gasteiger charge is -2.29. The number of nitrogens with one attached hydrogen (secondary N) is 1. The van der Waals surface area contributed by atoms with E-state index in [0.717, 1.165) is 6.54 Å². The molecule has 0 heterocycles. The van der Waals surface area contributed by atoms with Crippen LogP contribution in [0.4, 0.5) is 0 Å². The molecule has 1 heteroatoms. The summed E-state index contributed by atoms with van der Waals surface area (Å²) < 4.78 is 0. The van der Waals surface area contributed by atoms with Crippen LogP contribution in [0.2, 0.25) is 0 Å². The third-order valence-corrected chi connectivity index (χ3v) is 3.79. The molecular weight excluding hydrogens is 206 g/mol. The summed E-state index contributed by atoms with van der Waals surface area (Å²) in [5.41, 5.74) is 0.537. The van der Waals surface area contributed by atoms with Crippen LogP contribution in [0.25, 0.3) is 0 Å². The Kier molecular flexibility index (Phi) is 11.0.